The number of aliphatic hydroxyl groups excluding tert-OH is 1. The molecule has 0 radical (unpaired) electrons. The molecule has 1 aliphatic carbocycles. The topological polar surface area (TPSA) is 79.6 Å². The Morgan fingerprint density at radius 2 is 2.06 bits per heavy atom. The van der Waals surface area contributed by atoms with Crippen molar-refractivity contribution in [1.82, 2.24) is 14.4 Å². The number of hydrogen-bond donors (Lipinski definition) is 2. The van der Waals surface area contributed by atoms with E-state index < -0.39 is 18.6 Å². The van der Waals surface area contributed by atoms with Crippen molar-refractivity contribution < 1.29 is 18.6 Å². The van der Waals surface area contributed by atoms with Crippen molar-refractivity contribution in [2.45, 2.75) is 32.0 Å². The number of aromatic amines is 1. The molecule has 2 atom stereocenters. The minimum Gasteiger partial charge on any atom is -0.435 e. The Morgan fingerprint density at radius 1 is 1.25 bits per heavy atom. The van der Waals surface area contributed by atoms with E-state index in [2.05, 4.69) is 9.97 Å². The molecule has 0 fully saturated rings. The van der Waals surface area contributed by atoms with E-state index in [9.17, 15) is 18.7 Å². The first-order valence-corrected chi connectivity index (χ1v) is 10.3. The molecule has 6 nitrogen and oxygen atoms in total. The lowest BCUT2D eigenvalue weighted by Gasteiger charge is -2.18. The maximum atomic E-state index is 13.0. The molecule has 0 spiro atoms. The lowest BCUT2D eigenvalue weighted by Crippen LogP contribution is -2.09. The highest BCUT2D eigenvalue weighted by molar-refractivity contribution is 6.30. The van der Waals surface area contributed by atoms with E-state index in [0.29, 0.717) is 33.2 Å². The van der Waals surface area contributed by atoms with Crippen molar-refractivity contribution in [3.8, 4) is 16.9 Å². The zero-order valence-corrected chi connectivity index (χ0v) is 17.6. The van der Waals surface area contributed by atoms with Crippen LogP contribution >= 0.6 is 11.6 Å². The zero-order chi connectivity index (χ0) is 22.6. The number of nitrogens with one attached hydrogen (secondary N) is 1. The Kier molecular flexibility index (Phi) is 4.98. The van der Waals surface area contributed by atoms with Crippen molar-refractivity contribution in [3.05, 3.63) is 86.7 Å². The van der Waals surface area contributed by atoms with Crippen LogP contribution in [0.25, 0.3) is 16.8 Å². The van der Waals surface area contributed by atoms with E-state index in [0.717, 1.165) is 11.1 Å². The maximum absolute atomic E-state index is 13.0. The van der Waals surface area contributed by atoms with Crippen LogP contribution in [0, 0.1) is 6.92 Å². The molecule has 0 aliphatic heterocycles. The first-order valence-electron chi connectivity index (χ1n) is 9.95. The fourth-order valence-electron chi connectivity index (χ4n) is 4.32. The number of aliphatic hydroxyl groups is 1. The van der Waals surface area contributed by atoms with Gasteiger partial charge >= 0.3 is 6.61 Å². The van der Waals surface area contributed by atoms with E-state index in [4.69, 9.17) is 16.3 Å². The van der Waals surface area contributed by atoms with Gasteiger partial charge in [-0.05, 0) is 60.9 Å². The van der Waals surface area contributed by atoms with Crippen molar-refractivity contribution >= 4 is 17.2 Å². The summed E-state index contributed by atoms with van der Waals surface area (Å²) in [7, 11) is 0. The molecular weight excluding hydrogens is 440 g/mol. The molecule has 1 aliphatic rings. The van der Waals surface area contributed by atoms with Gasteiger partial charge in [-0.3, -0.25) is 4.79 Å². The number of imidazole rings is 1. The van der Waals surface area contributed by atoms with Gasteiger partial charge < -0.3 is 19.2 Å². The van der Waals surface area contributed by atoms with Crippen LogP contribution in [0.2, 0.25) is 5.02 Å². The molecule has 1 aromatic carbocycles. The van der Waals surface area contributed by atoms with Gasteiger partial charge in [-0.25, -0.2) is 4.98 Å². The van der Waals surface area contributed by atoms with Crippen LogP contribution in [0.1, 0.15) is 41.0 Å². The average molecular weight is 458 g/mol. The lowest BCUT2D eigenvalue weighted by atomic mass is 9.95. The quantitative estimate of drug-likeness (QED) is 0.460. The molecule has 0 unspecified atom stereocenters. The number of hydrogen-bond acceptors (Lipinski definition) is 4. The highest BCUT2D eigenvalue weighted by Crippen LogP contribution is 2.47. The Labute approximate surface area is 186 Å². The van der Waals surface area contributed by atoms with Crippen molar-refractivity contribution in [2.75, 3.05) is 0 Å². The molecule has 0 amide bonds. The number of ether oxygens (including phenoxy) is 1. The third-order valence-corrected chi connectivity index (χ3v) is 6.01. The molecular formula is C23H18ClF2N3O3. The molecule has 0 saturated carbocycles. The minimum atomic E-state index is -2.99. The third-order valence-electron chi connectivity index (χ3n) is 5.77. The highest BCUT2D eigenvalue weighted by atomic mass is 35.5. The number of halogens is 3. The molecule has 3 aromatic heterocycles. The van der Waals surface area contributed by atoms with Crippen LogP contribution in [-0.2, 0) is 0 Å². The number of alkyl halides is 2. The number of rotatable bonds is 4. The Hall–Kier alpha value is -3.23. The Balaban J connectivity index is 1.68. The van der Waals surface area contributed by atoms with Crippen LogP contribution in [0.5, 0.6) is 5.75 Å². The van der Waals surface area contributed by atoms with Crippen LogP contribution < -0.4 is 10.3 Å². The van der Waals surface area contributed by atoms with Gasteiger partial charge in [0.15, 0.2) is 0 Å². The molecule has 9 heteroatoms. The van der Waals surface area contributed by atoms with Gasteiger partial charge in [0.25, 0.3) is 5.56 Å². The number of benzene rings is 1. The van der Waals surface area contributed by atoms with E-state index in [1.807, 2.05) is 22.7 Å². The predicted octanol–water partition coefficient (Wildman–Crippen LogP) is 4.82. The first kappa shape index (κ1) is 20.7. The van der Waals surface area contributed by atoms with Gasteiger partial charge in [0, 0.05) is 34.5 Å². The van der Waals surface area contributed by atoms with Gasteiger partial charge in [-0.15, -0.1) is 0 Å². The summed E-state index contributed by atoms with van der Waals surface area (Å²) >= 11 is 6.16. The van der Waals surface area contributed by atoms with Crippen LogP contribution in [-0.4, -0.2) is 26.1 Å². The fourth-order valence-corrected chi connectivity index (χ4v) is 4.50. The summed E-state index contributed by atoms with van der Waals surface area (Å²) in [4.78, 5) is 19.0. The van der Waals surface area contributed by atoms with Gasteiger partial charge in [0.05, 0.1) is 17.5 Å². The molecule has 32 heavy (non-hydrogen) atoms. The number of pyridine rings is 2. The summed E-state index contributed by atoms with van der Waals surface area (Å²) in [5.74, 6) is -0.438. The Bertz CT molecular complexity index is 1400. The normalized spacial score (nSPS) is 17.8. The number of aromatic nitrogens is 3. The second-order valence-electron chi connectivity index (χ2n) is 7.79. The van der Waals surface area contributed by atoms with Crippen LogP contribution in [0.4, 0.5) is 8.78 Å². The highest BCUT2D eigenvalue weighted by Gasteiger charge is 2.37. The molecule has 2 N–H and O–H groups in total. The first-order chi connectivity index (χ1) is 15.3. The van der Waals surface area contributed by atoms with Gasteiger partial charge in [-0.2, -0.15) is 8.78 Å². The third kappa shape index (κ3) is 3.45. The molecule has 4 aromatic rings. The minimum absolute atomic E-state index is 0.0109. The second-order valence-corrected chi connectivity index (χ2v) is 8.23. The van der Waals surface area contributed by atoms with Gasteiger partial charge in [-0.1, -0.05) is 11.6 Å². The maximum Gasteiger partial charge on any atom is 0.387 e. The zero-order valence-electron chi connectivity index (χ0n) is 16.8. The second kappa shape index (κ2) is 7.72. The number of nitrogens with zero attached hydrogens (tertiary/aromatic N) is 2. The molecule has 0 saturated heterocycles. The molecule has 0 bridgehead atoms. The summed E-state index contributed by atoms with van der Waals surface area (Å²) in [5, 5.41) is 11.0. The summed E-state index contributed by atoms with van der Waals surface area (Å²) in [6.45, 7) is -1.26. The van der Waals surface area contributed by atoms with Crippen molar-refractivity contribution in [1.29, 1.82) is 0 Å². The summed E-state index contributed by atoms with van der Waals surface area (Å²) in [5.41, 5.74) is 4.32. The standard InChI is InChI=1S/C23H18ClF2N3O3/c1-11-6-13(9-27-22(11)31)12-2-5-19-28-20-17(30)8-16(21(20)29(19)10-12)15-7-14(24)3-4-18(15)32-23(25)26/h2-7,9-10,16-17,23,30H,8H2,1H3,(H,27,31)/t16-,17-/m1/s1. The van der Waals surface area contributed by atoms with E-state index in [1.165, 1.54) is 12.1 Å². The van der Waals surface area contributed by atoms with E-state index in [-0.39, 0.29) is 17.7 Å². The predicted molar refractivity (Wildman–Crippen MR) is 115 cm³/mol. The summed E-state index contributed by atoms with van der Waals surface area (Å²) in [6, 6.07) is 9.95. The molecule has 5 rings (SSSR count). The number of H-pyrrole nitrogens is 1. The SMILES string of the molecule is Cc1cc(-c2ccc3nc4c(n3c2)[C@@H](c2cc(Cl)ccc2OC(F)F)C[C@H]4O)c[nH]c1=O. The largest absolute Gasteiger partial charge is 0.435 e. The fraction of sp³-hybridized carbons (Fsp3) is 0.217. The van der Waals surface area contributed by atoms with Crippen LogP contribution in [0.3, 0.4) is 0 Å². The summed E-state index contributed by atoms with van der Waals surface area (Å²) in [6.07, 6.45) is 2.90. The lowest BCUT2D eigenvalue weighted by molar-refractivity contribution is -0.0505. The average Bonchev–Trinajstić information content (AvgIpc) is 3.28. The summed E-state index contributed by atoms with van der Waals surface area (Å²) < 4.78 is 32.6. The molecule has 3 heterocycles. The van der Waals surface area contributed by atoms with Gasteiger partial charge in [0.1, 0.15) is 11.4 Å². The van der Waals surface area contributed by atoms with Crippen LogP contribution in [0.15, 0.2) is 53.6 Å². The van der Waals surface area contributed by atoms with E-state index in [1.54, 1.807) is 25.3 Å². The van der Waals surface area contributed by atoms with E-state index >= 15 is 0 Å². The van der Waals surface area contributed by atoms with Crippen molar-refractivity contribution in [3.63, 3.8) is 0 Å². The number of aryl methyl sites for hydroxylation is 1. The van der Waals surface area contributed by atoms with Gasteiger partial charge in [0.2, 0.25) is 0 Å². The molecule has 164 valence electrons. The Morgan fingerprint density at radius 3 is 2.81 bits per heavy atom. The monoisotopic (exact) mass is 457 g/mol. The smallest absolute Gasteiger partial charge is 0.387 e. The number of fused-ring (bicyclic) bond motifs is 3. The van der Waals surface area contributed by atoms with Crippen molar-refractivity contribution in [2.24, 2.45) is 0 Å².